The summed E-state index contributed by atoms with van der Waals surface area (Å²) >= 11 is 0. The molecule has 0 bridgehead atoms. The van der Waals surface area contributed by atoms with Crippen LogP contribution in [0.1, 0.15) is 69.2 Å². The summed E-state index contributed by atoms with van der Waals surface area (Å²) in [7, 11) is -3.76. The molecule has 9 heteroatoms. The zero-order chi connectivity index (χ0) is 23.4. The third-order valence-electron chi connectivity index (χ3n) is 6.80. The maximum absolute atomic E-state index is 13.6. The Balaban J connectivity index is 1.48. The number of carbonyl (C=O) groups is 1. The number of aromatic nitrogens is 2. The van der Waals surface area contributed by atoms with Crippen LogP contribution in [0.5, 0.6) is 0 Å². The molecule has 1 N–H and O–H groups in total. The first kappa shape index (κ1) is 23.9. The van der Waals surface area contributed by atoms with Crippen LogP contribution in [0.3, 0.4) is 0 Å². The summed E-state index contributed by atoms with van der Waals surface area (Å²) in [6.07, 6.45) is 9.44. The van der Waals surface area contributed by atoms with Gasteiger partial charge in [0.1, 0.15) is 0 Å². The number of hydrogen-bond acceptors (Lipinski definition) is 6. The molecule has 0 unspecified atom stereocenters. The number of carbonyl (C=O) groups excluding carboxylic acids is 1. The van der Waals surface area contributed by atoms with Crippen molar-refractivity contribution in [3.8, 4) is 11.4 Å². The van der Waals surface area contributed by atoms with E-state index in [9.17, 15) is 13.2 Å². The zero-order valence-electron chi connectivity index (χ0n) is 19.5. The molecule has 1 aromatic heterocycles. The van der Waals surface area contributed by atoms with E-state index in [4.69, 9.17) is 4.52 Å². The minimum atomic E-state index is -3.76. The van der Waals surface area contributed by atoms with Gasteiger partial charge in [-0.3, -0.25) is 4.79 Å². The molecule has 1 saturated heterocycles. The molecule has 33 heavy (non-hydrogen) atoms. The van der Waals surface area contributed by atoms with Crippen LogP contribution in [0.15, 0.2) is 27.6 Å². The molecule has 2 fully saturated rings. The van der Waals surface area contributed by atoms with Crippen LogP contribution in [0, 0.1) is 19.8 Å². The van der Waals surface area contributed by atoms with Crippen molar-refractivity contribution in [3.63, 3.8) is 0 Å². The summed E-state index contributed by atoms with van der Waals surface area (Å²) in [5.74, 6) is 0.457. The largest absolute Gasteiger partial charge is 0.353 e. The summed E-state index contributed by atoms with van der Waals surface area (Å²) in [5, 5.41) is 7.13. The highest BCUT2D eigenvalue weighted by Gasteiger charge is 2.35. The van der Waals surface area contributed by atoms with E-state index in [2.05, 4.69) is 15.5 Å². The Labute approximate surface area is 196 Å². The molecule has 1 atom stereocenters. The number of benzene rings is 1. The number of nitrogens with zero attached hydrogens (tertiary/aromatic N) is 3. The maximum atomic E-state index is 13.6. The van der Waals surface area contributed by atoms with Gasteiger partial charge in [0.25, 0.3) is 0 Å². The predicted octanol–water partition coefficient (Wildman–Crippen LogP) is 3.98. The van der Waals surface area contributed by atoms with E-state index < -0.39 is 10.0 Å². The molecule has 0 spiro atoms. The molecule has 2 aromatic rings. The van der Waals surface area contributed by atoms with Gasteiger partial charge in [0, 0.05) is 31.6 Å². The molecule has 4 rings (SSSR count). The highest BCUT2D eigenvalue weighted by molar-refractivity contribution is 7.89. The lowest BCUT2D eigenvalue weighted by Crippen LogP contribution is -2.47. The highest BCUT2D eigenvalue weighted by Crippen LogP contribution is 2.29. The van der Waals surface area contributed by atoms with Gasteiger partial charge >= 0.3 is 0 Å². The van der Waals surface area contributed by atoms with E-state index in [0.717, 1.165) is 25.7 Å². The van der Waals surface area contributed by atoms with Gasteiger partial charge in [-0.15, -0.1) is 0 Å². The van der Waals surface area contributed by atoms with Crippen molar-refractivity contribution in [1.82, 2.24) is 19.8 Å². The molecule has 0 radical (unpaired) electrons. The smallest absolute Gasteiger partial charge is 0.243 e. The van der Waals surface area contributed by atoms with Crippen LogP contribution in [0.4, 0.5) is 0 Å². The Morgan fingerprint density at radius 3 is 2.48 bits per heavy atom. The quantitative estimate of drug-likeness (QED) is 0.703. The van der Waals surface area contributed by atoms with E-state index in [1.54, 1.807) is 32.0 Å². The maximum Gasteiger partial charge on any atom is 0.243 e. The standard InChI is InChI=1S/C24H34N4O4S/c1-17-12-13-19(23-25-18(2)32-27-23)15-22(17)33(30,31)28-14-8-9-20(16-28)24(29)26-21-10-6-4-3-5-7-11-21/h12-13,15,20-21H,3-11,14,16H2,1-2H3,(H,26,29)/t20-/m1/s1. The van der Waals surface area contributed by atoms with Crippen molar-refractivity contribution in [2.75, 3.05) is 13.1 Å². The van der Waals surface area contributed by atoms with Crippen molar-refractivity contribution in [2.24, 2.45) is 5.92 Å². The first-order chi connectivity index (χ1) is 15.8. The molecular weight excluding hydrogens is 440 g/mol. The minimum absolute atomic E-state index is 0.00628. The Kier molecular flexibility index (Phi) is 7.48. The number of hydrogen-bond donors (Lipinski definition) is 1. The first-order valence-electron chi connectivity index (χ1n) is 12.1. The Hall–Kier alpha value is -2.26. The average Bonchev–Trinajstić information content (AvgIpc) is 3.22. The summed E-state index contributed by atoms with van der Waals surface area (Å²) < 4.78 is 33.6. The molecule has 1 aliphatic heterocycles. The second-order valence-corrected chi connectivity index (χ2v) is 11.3. The predicted molar refractivity (Wildman–Crippen MR) is 125 cm³/mol. The monoisotopic (exact) mass is 474 g/mol. The molecule has 2 aliphatic rings. The van der Waals surface area contributed by atoms with Crippen LogP contribution < -0.4 is 5.32 Å². The Bertz CT molecular complexity index is 1070. The Morgan fingerprint density at radius 2 is 1.79 bits per heavy atom. The van der Waals surface area contributed by atoms with Crippen LogP contribution in [0.25, 0.3) is 11.4 Å². The SMILES string of the molecule is Cc1nc(-c2ccc(C)c(S(=O)(=O)N3CCC[C@@H](C(=O)NC4CCCCCCC4)C3)c2)no1. The van der Waals surface area contributed by atoms with Crippen LogP contribution in [-0.2, 0) is 14.8 Å². The van der Waals surface area contributed by atoms with Gasteiger partial charge in [-0.2, -0.15) is 9.29 Å². The fourth-order valence-electron chi connectivity index (χ4n) is 4.87. The summed E-state index contributed by atoms with van der Waals surface area (Å²) in [4.78, 5) is 17.5. The second kappa shape index (κ2) is 10.3. The fraction of sp³-hybridized carbons (Fsp3) is 0.625. The molecule has 2 heterocycles. The van der Waals surface area contributed by atoms with Crippen LogP contribution >= 0.6 is 0 Å². The van der Waals surface area contributed by atoms with Crippen molar-refractivity contribution in [3.05, 3.63) is 29.7 Å². The molecule has 1 saturated carbocycles. The number of aryl methyl sites for hydroxylation is 2. The van der Waals surface area contributed by atoms with Gasteiger partial charge in [0.2, 0.25) is 27.6 Å². The van der Waals surface area contributed by atoms with Gasteiger partial charge < -0.3 is 9.84 Å². The van der Waals surface area contributed by atoms with E-state index in [1.165, 1.54) is 23.6 Å². The molecule has 180 valence electrons. The molecule has 1 amide bonds. The minimum Gasteiger partial charge on any atom is -0.353 e. The third-order valence-corrected chi connectivity index (χ3v) is 8.81. The topological polar surface area (TPSA) is 105 Å². The number of piperidine rings is 1. The van der Waals surface area contributed by atoms with Crippen LogP contribution in [-0.4, -0.2) is 47.9 Å². The molecule has 8 nitrogen and oxygen atoms in total. The number of sulfonamides is 1. The lowest BCUT2D eigenvalue weighted by atomic mass is 9.94. The van der Waals surface area contributed by atoms with Crippen molar-refractivity contribution in [2.45, 2.75) is 82.6 Å². The summed E-state index contributed by atoms with van der Waals surface area (Å²) in [6, 6.07) is 5.37. The zero-order valence-corrected chi connectivity index (χ0v) is 20.4. The van der Waals surface area contributed by atoms with E-state index >= 15 is 0 Å². The van der Waals surface area contributed by atoms with E-state index in [-0.39, 0.29) is 29.3 Å². The Morgan fingerprint density at radius 1 is 1.06 bits per heavy atom. The van der Waals surface area contributed by atoms with Gasteiger partial charge in [-0.05, 0) is 44.2 Å². The average molecular weight is 475 g/mol. The summed E-state index contributed by atoms with van der Waals surface area (Å²) in [5.41, 5.74) is 1.24. The number of rotatable bonds is 5. The lowest BCUT2D eigenvalue weighted by molar-refractivity contribution is -0.126. The number of nitrogens with one attached hydrogen (secondary N) is 1. The fourth-order valence-corrected chi connectivity index (χ4v) is 6.64. The van der Waals surface area contributed by atoms with Gasteiger partial charge in [-0.25, -0.2) is 8.42 Å². The number of amides is 1. The lowest BCUT2D eigenvalue weighted by Gasteiger charge is -2.33. The van der Waals surface area contributed by atoms with Gasteiger partial charge in [0.05, 0.1) is 10.8 Å². The molecule has 1 aromatic carbocycles. The normalized spacial score (nSPS) is 21.3. The molecule has 1 aliphatic carbocycles. The van der Waals surface area contributed by atoms with Crippen LogP contribution in [0.2, 0.25) is 0 Å². The van der Waals surface area contributed by atoms with Crippen molar-refractivity contribution < 1.29 is 17.7 Å². The van der Waals surface area contributed by atoms with Gasteiger partial charge in [0.15, 0.2) is 0 Å². The van der Waals surface area contributed by atoms with Crippen molar-refractivity contribution >= 4 is 15.9 Å². The second-order valence-electron chi connectivity index (χ2n) is 9.37. The van der Waals surface area contributed by atoms with E-state index in [1.807, 2.05) is 0 Å². The third kappa shape index (κ3) is 5.63. The van der Waals surface area contributed by atoms with Gasteiger partial charge in [-0.1, -0.05) is 49.4 Å². The molecular formula is C24H34N4O4S. The summed E-state index contributed by atoms with van der Waals surface area (Å²) in [6.45, 7) is 4.10. The van der Waals surface area contributed by atoms with E-state index in [0.29, 0.717) is 42.2 Å². The van der Waals surface area contributed by atoms with Crippen molar-refractivity contribution in [1.29, 1.82) is 0 Å². The highest BCUT2D eigenvalue weighted by atomic mass is 32.2. The first-order valence-corrected chi connectivity index (χ1v) is 13.5.